The van der Waals surface area contributed by atoms with E-state index in [9.17, 15) is 9.90 Å². The number of carbonyl (C=O) groups excluding carboxylic acids is 1. The van der Waals surface area contributed by atoms with Crippen molar-refractivity contribution in [2.45, 2.75) is 39.2 Å². The van der Waals surface area contributed by atoms with Crippen molar-refractivity contribution in [1.29, 1.82) is 0 Å². The van der Waals surface area contributed by atoms with Gasteiger partial charge in [0, 0.05) is 16.9 Å². The largest absolute Gasteiger partial charge is 0.449 e. The highest BCUT2D eigenvalue weighted by atomic mass is 16.5. The quantitative estimate of drug-likeness (QED) is 0.841. The number of fused-ring (bicyclic) bond motifs is 3. The molecule has 4 nitrogen and oxygen atoms in total. The molecule has 2 aromatic carbocycles. The van der Waals surface area contributed by atoms with Crippen molar-refractivity contribution >= 4 is 6.09 Å². The summed E-state index contributed by atoms with van der Waals surface area (Å²) in [6, 6.07) is 16.5. The van der Waals surface area contributed by atoms with E-state index >= 15 is 0 Å². The fourth-order valence-electron chi connectivity index (χ4n) is 3.26. The molecule has 0 bridgehead atoms. The molecule has 0 radical (unpaired) electrons. The van der Waals surface area contributed by atoms with Crippen molar-refractivity contribution in [1.82, 2.24) is 5.32 Å². The van der Waals surface area contributed by atoms with Gasteiger partial charge in [-0.25, -0.2) is 4.79 Å². The predicted octanol–water partition coefficient (Wildman–Crippen LogP) is 4.32. The summed E-state index contributed by atoms with van der Waals surface area (Å²) in [4.78, 5) is 12.4. The minimum atomic E-state index is -0.593. The zero-order valence-electron chi connectivity index (χ0n) is 15.9. The average molecular weight is 353 g/mol. The van der Waals surface area contributed by atoms with Gasteiger partial charge in [-0.2, -0.15) is 0 Å². The molecule has 138 valence electrons. The Balaban J connectivity index is 1.73. The molecule has 2 aromatic rings. The summed E-state index contributed by atoms with van der Waals surface area (Å²) in [6.45, 7) is 7.88. The van der Waals surface area contributed by atoms with Gasteiger partial charge in [-0.15, -0.1) is 0 Å². The normalized spacial score (nSPS) is 13.9. The average Bonchev–Trinajstić information content (AvgIpc) is 2.93. The number of hydrogen-bond acceptors (Lipinski definition) is 3. The monoisotopic (exact) mass is 353 g/mol. The van der Waals surface area contributed by atoms with Crippen LogP contribution in [0.1, 0.15) is 44.7 Å². The van der Waals surface area contributed by atoms with Gasteiger partial charge in [-0.05, 0) is 36.1 Å². The Morgan fingerprint density at radius 3 is 2.00 bits per heavy atom. The van der Waals surface area contributed by atoms with E-state index in [0.29, 0.717) is 0 Å². The topological polar surface area (TPSA) is 58.6 Å². The predicted molar refractivity (Wildman–Crippen MR) is 103 cm³/mol. The number of nitrogens with one attached hydrogen (secondary N) is 1. The second kappa shape index (κ2) is 6.76. The van der Waals surface area contributed by atoms with Gasteiger partial charge in [-0.3, -0.25) is 0 Å². The van der Waals surface area contributed by atoms with Crippen LogP contribution in [-0.4, -0.2) is 30.0 Å². The number of rotatable bonds is 5. The molecule has 0 fully saturated rings. The van der Waals surface area contributed by atoms with Crippen LogP contribution in [-0.2, 0) is 4.74 Å². The molecule has 1 aliphatic rings. The molecule has 1 amide bonds. The van der Waals surface area contributed by atoms with E-state index < -0.39 is 17.0 Å². The second-order valence-electron chi connectivity index (χ2n) is 8.12. The summed E-state index contributed by atoms with van der Waals surface area (Å²) >= 11 is 0. The maximum Gasteiger partial charge on any atom is 0.407 e. The van der Waals surface area contributed by atoms with E-state index in [2.05, 4.69) is 29.6 Å². The maximum absolute atomic E-state index is 12.4. The molecule has 0 unspecified atom stereocenters. The number of benzene rings is 2. The molecule has 4 heteroatoms. The highest BCUT2D eigenvalue weighted by Gasteiger charge is 2.38. The molecular weight excluding hydrogens is 326 g/mol. The van der Waals surface area contributed by atoms with Gasteiger partial charge in [0.15, 0.2) is 0 Å². The van der Waals surface area contributed by atoms with Crippen LogP contribution in [0.4, 0.5) is 4.79 Å². The molecular formula is C22H27NO3. The van der Waals surface area contributed by atoms with Gasteiger partial charge in [-0.1, -0.05) is 62.4 Å². The van der Waals surface area contributed by atoms with Crippen molar-refractivity contribution in [2.75, 3.05) is 13.2 Å². The van der Waals surface area contributed by atoms with Crippen LogP contribution in [0.15, 0.2) is 48.5 Å². The molecule has 0 heterocycles. The Labute approximate surface area is 155 Å². The third-order valence-corrected chi connectivity index (χ3v) is 5.85. The Hall–Kier alpha value is -2.33. The van der Waals surface area contributed by atoms with Gasteiger partial charge in [0.25, 0.3) is 0 Å². The fourth-order valence-corrected chi connectivity index (χ4v) is 3.26. The minimum absolute atomic E-state index is 0.0242. The van der Waals surface area contributed by atoms with Gasteiger partial charge >= 0.3 is 6.09 Å². The summed E-state index contributed by atoms with van der Waals surface area (Å²) in [5, 5.41) is 12.5. The van der Waals surface area contributed by atoms with Crippen LogP contribution in [0, 0.1) is 5.41 Å². The Morgan fingerprint density at radius 2 is 1.50 bits per heavy atom. The van der Waals surface area contributed by atoms with Crippen LogP contribution >= 0.6 is 0 Å². The zero-order valence-corrected chi connectivity index (χ0v) is 15.9. The third kappa shape index (κ3) is 3.21. The van der Waals surface area contributed by atoms with Crippen molar-refractivity contribution in [3.63, 3.8) is 0 Å². The number of hydrogen-bond donors (Lipinski definition) is 2. The number of carbonyl (C=O) groups is 1. The minimum Gasteiger partial charge on any atom is -0.449 e. The number of alkyl carbamates (subject to hydrolysis) is 1. The lowest BCUT2D eigenvalue weighted by atomic mass is 9.75. The van der Waals surface area contributed by atoms with Crippen LogP contribution < -0.4 is 5.32 Å². The van der Waals surface area contributed by atoms with Gasteiger partial charge in [0.2, 0.25) is 0 Å². The molecule has 0 atom stereocenters. The summed E-state index contributed by atoms with van der Waals surface area (Å²) in [6.07, 6.45) is -0.460. The number of aliphatic hydroxyl groups excluding tert-OH is 1. The second-order valence-corrected chi connectivity index (χ2v) is 8.12. The van der Waals surface area contributed by atoms with E-state index in [-0.39, 0.29) is 19.1 Å². The summed E-state index contributed by atoms with van der Waals surface area (Å²) in [5.41, 5.74) is 3.74. The maximum atomic E-state index is 12.4. The van der Waals surface area contributed by atoms with Crippen LogP contribution in [0.25, 0.3) is 11.1 Å². The van der Waals surface area contributed by atoms with Crippen molar-refractivity contribution in [2.24, 2.45) is 5.41 Å². The summed E-state index contributed by atoms with van der Waals surface area (Å²) in [7, 11) is 0. The highest BCUT2D eigenvalue weighted by molar-refractivity contribution is 5.79. The molecule has 1 aliphatic carbocycles. The van der Waals surface area contributed by atoms with Crippen LogP contribution in [0.3, 0.4) is 0 Å². The Morgan fingerprint density at radius 1 is 1.00 bits per heavy atom. The van der Waals surface area contributed by atoms with Gasteiger partial charge in [0.1, 0.15) is 6.61 Å². The van der Waals surface area contributed by atoms with Gasteiger partial charge in [0.05, 0.1) is 6.61 Å². The van der Waals surface area contributed by atoms with Crippen LogP contribution in [0.5, 0.6) is 0 Å². The summed E-state index contributed by atoms with van der Waals surface area (Å²) < 4.78 is 5.58. The number of ether oxygens (including phenoxy) is 1. The first kappa shape index (κ1) is 18.5. The van der Waals surface area contributed by atoms with E-state index in [0.717, 1.165) is 0 Å². The Kier molecular flexibility index (Phi) is 4.80. The standard InChI is InChI=1S/C22H27NO3/c1-21(2,14-24)22(3,4)23-20(25)26-13-19-17-11-7-5-9-15(17)16-10-6-8-12-18(16)19/h5-12,19,24H,13-14H2,1-4H3,(H,23,25). The van der Waals surface area contributed by atoms with E-state index in [1.807, 2.05) is 52.0 Å². The highest BCUT2D eigenvalue weighted by Crippen LogP contribution is 2.44. The Bertz CT molecular complexity index is 765. The van der Waals surface area contributed by atoms with Crippen LogP contribution in [0.2, 0.25) is 0 Å². The molecule has 3 rings (SSSR count). The summed E-state index contributed by atoms with van der Waals surface area (Å²) in [5.74, 6) is 0.0436. The molecule has 0 saturated carbocycles. The van der Waals surface area contributed by atoms with E-state index in [1.165, 1.54) is 22.3 Å². The molecule has 0 saturated heterocycles. The molecule has 2 N–H and O–H groups in total. The number of aliphatic hydroxyl groups is 1. The smallest absolute Gasteiger partial charge is 0.407 e. The molecule has 0 aromatic heterocycles. The lowest BCUT2D eigenvalue weighted by molar-refractivity contribution is 0.0595. The van der Waals surface area contributed by atoms with Crippen molar-refractivity contribution in [3.8, 4) is 11.1 Å². The lowest BCUT2D eigenvalue weighted by Gasteiger charge is -2.40. The van der Waals surface area contributed by atoms with E-state index in [4.69, 9.17) is 4.74 Å². The molecule has 26 heavy (non-hydrogen) atoms. The molecule has 0 spiro atoms. The third-order valence-electron chi connectivity index (χ3n) is 5.85. The lowest BCUT2D eigenvalue weighted by Crippen LogP contribution is -2.55. The number of amides is 1. The first-order valence-electron chi connectivity index (χ1n) is 9.01. The van der Waals surface area contributed by atoms with Crippen molar-refractivity contribution < 1.29 is 14.6 Å². The van der Waals surface area contributed by atoms with Gasteiger partial charge < -0.3 is 15.2 Å². The first-order chi connectivity index (χ1) is 12.3. The molecule has 0 aliphatic heterocycles. The van der Waals surface area contributed by atoms with E-state index in [1.54, 1.807) is 0 Å². The van der Waals surface area contributed by atoms with Crippen molar-refractivity contribution in [3.05, 3.63) is 59.7 Å². The zero-order chi connectivity index (χ0) is 18.9. The first-order valence-corrected chi connectivity index (χ1v) is 9.01. The fraction of sp³-hybridized carbons (Fsp3) is 0.409. The SMILES string of the molecule is CC(C)(CO)C(C)(C)NC(=O)OCC1c2ccccc2-c2ccccc21.